The van der Waals surface area contributed by atoms with E-state index >= 15 is 0 Å². The minimum atomic E-state index is 0.407. The smallest absolute Gasteiger partial charge is 0.196 e. The first-order valence-corrected chi connectivity index (χ1v) is 6.28. The highest BCUT2D eigenvalue weighted by Crippen LogP contribution is 2.20. The Balaban J connectivity index is 1.92. The first-order valence-electron chi connectivity index (χ1n) is 6.28. The van der Waals surface area contributed by atoms with E-state index in [4.69, 9.17) is 4.42 Å². The van der Waals surface area contributed by atoms with Crippen LogP contribution in [-0.4, -0.2) is 43.4 Å². The number of hydrogen-bond donors (Lipinski definition) is 0. The zero-order chi connectivity index (χ0) is 12.3. The maximum Gasteiger partial charge on any atom is 0.196 e. The molecule has 1 aliphatic heterocycles. The number of carbonyl (C=O) groups is 1. The van der Waals surface area contributed by atoms with Crippen LogP contribution in [0.3, 0.4) is 0 Å². The molecule has 0 N–H and O–H groups in total. The summed E-state index contributed by atoms with van der Waals surface area (Å²) in [6.07, 6.45) is 1.94. The summed E-state index contributed by atoms with van der Waals surface area (Å²) in [6.45, 7) is 8.55. The summed E-state index contributed by atoms with van der Waals surface area (Å²) in [6, 6.07) is 4.26. The SMILES string of the molecule is CCC(C)N1CCN(c2ccc(C=O)o2)CC1. The Labute approximate surface area is 102 Å². The number of anilines is 1. The van der Waals surface area contributed by atoms with Crippen molar-refractivity contribution in [1.29, 1.82) is 0 Å². The van der Waals surface area contributed by atoms with E-state index in [-0.39, 0.29) is 0 Å². The standard InChI is InChI=1S/C13H20N2O2/c1-3-11(2)14-6-8-15(9-7-14)13-5-4-12(10-16)17-13/h4-5,10-11H,3,6-9H2,1-2H3. The molecule has 1 fully saturated rings. The van der Waals surface area contributed by atoms with Crippen molar-refractivity contribution in [3.63, 3.8) is 0 Å². The van der Waals surface area contributed by atoms with E-state index in [0.717, 1.165) is 38.3 Å². The van der Waals surface area contributed by atoms with Crippen molar-refractivity contribution in [2.75, 3.05) is 31.1 Å². The molecular weight excluding hydrogens is 216 g/mol. The van der Waals surface area contributed by atoms with Gasteiger partial charge >= 0.3 is 0 Å². The first kappa shape index (κ1) is 12.2. The number of rotatable bonds is 4. The largest absolute Gasteiger partial charge is 0.438 e. The molecule has 0 aliphatic carbocycles. The van der Waals surface area contributed by atoms with Crippen LogP contribution >= 0.6 is 0 Å². The monoisotopic (exact) mass is 236 g/mol. The van der Waals surface area contributed by atoms with E-state index in [1.54, 1.807) is 6.07 Å². The molecule has 1 saturated heterocycles. The van der Waals surface area contributed by atoms with Gasteiger partial charge in [-0.3, -0.25) is 9.69 Å². The Kier molecular flexibility index (Phi) is 3.84. The Morgan fingerprint density at radius 2 is 2.06 bits per heavy atom. The maximum absolute atomic E-state index is 10.6. The third kappa shape index (κ3) is 2.69. The van der Waals surface area contributed by atoms with E-state index < -0.39 is 0 Å². The van der Waals surface area contributed by atoms with Gasteiger partial charge in [0.15, 0.2) is 17.9 Å². The second-order valence-electron chi connectivity index (χ2n) is 4.57. The Morgan fingerprint density at radius 1 is 1.35 bits per heavy atom. The van der Waals surface area contributed by atoms with Gasteiger partial charge in [-0.25, -0.2) is 0 Å². The predicted octanol–water partition coefficient (Wildman–Crippen LogP) is 2.01. The highest BCUT2D eigenvalue weighted by Gasteiger charge is 2.21. The van der Waals surface area contributed by atoms with Gasteiger partial charge in [-0.2, -0.15) is 0 Å². The number of furan rings is 1. The molecule has 0 spiro atoms. The van der Waals surface area contributed by atoms with Crippen LogP contribution in [0.2, 0.25) is 0 Å². The quantitative estimate of drug-likeness (QED) is 0.749. The fourth-order valence-electron chi connectivity index (χ4n) is 2.22. The molecule has 0 saturated carbocycles. The average molecular weight is 236 g/mol. The summed E-state index contributed by atoms with van der Waals surface area (Å²) in [7, 11) is 0. The molecule has 2 heterocycles. The zero-order valence-corrected chi connectivity index (χ0v) is 10.6. The average Bonchev–Trinajstić information content (AvgIpc) is 2.87. The normalized spacial score (nSPS) is 19.3. The summed E-state index contributed by atoms with van der Waals surface area (Å²) in [5.41, 5.74) is 0. The molecule has 1 aliphatic rings. The van der Waals surface area contributed by atoms with Gasteiger partial charge in [-0.05, 0) is 19.4 Å². The van der Waals surface area contributed by atoms with Crippen LogP contribution in [0.15, 0.2) is 16.5 Å². The fourth-order valence-corrected chi connectivity index (χ4v) is 2.22. The molecule has 2 rings (SSSR count). The van der Waals surface area contributed by atoms with E-state index in [1.807, 2.05) is 6.07 Å². The van der Waals surface area contributed by atoms with E-state index in [2.05, 4.69) is 23.6 Å². The zero-order valence-electron chi connectivity index (χ0n) is 10.6. The van der Waals surface area contributed by atoms with Crippen molar-refractivity contribution in [2.24, 2.45) is 0 Å². The molecule has 0 aromatic carbocycles. The highest BCUT2D eigenvalue weighted by atomic mass is 16.4. The topological polar surface area (TPSA) is 36.7 Å². The van der Waals surface area contributed by atoms with Gasteiger partial charge in [0, 0.05) is 38.3 Å². The van der Waals surface area contributed by atoms with Crippen LogP contribution in [0, 0.1) is 0 Å². The van der Waals surface area contributed by atoms with Crippen molar-refractivity contribution in [1.82, 2.24) is 4.90 Å². The van der Waals surface area contributed by atoms with E-state index in [1.165, 1.54) is 6.42 Å². The maximum atomic E-state index is 10.6. The van der Waals surface area contributed by atoms with Gasteiger partial charge in [0.2, 0.25) is 0 Å². The number of hydrogen-bond acceptors (Lipinski definition) is 4. The second-order valence-corrected chi connectivity index (χ2v) is 4.57. The molecule has 94 valence electrons. The third-order valence-corrected chi connectivity index (χ3v) is 3.57. The molecule has 4 heteroatoms. The number of nitrogens with zero attached hydrogens (tertiary/aromatic N) is 2. The lowest BCUT2D eigenvalue weighted by molar-refractivity contribution is 0.110. The minimum Gasteiger partial charge on any atom is -0.438 e. The summed E-state index contributed by atoms with van der Waals surface area (Å²) in [5, 5.41) is 0. The summed E-state index contributed by atoms with van der Waals surface area (Å²) in [5.74, 6) is 1.22. The van der Waals surface area contributed by atoms with Gasteiger partial charge < -0.3 is 9.32 Å². The molecule has 1 atom stereocenters. The molecular formula is C13H20N2O2. The third-order valence-electron chi connectivity index (χ3n) is 3.57. The van der Waals surface area contributed by atoms with Crippen molar-refractivity contribution in [3.05, 3.63) is 17.9 Å². The molecule has 17 heavy (non-hydrogen) atoms. The van der Waals surface area contributed by atoms with Crippen LogP contribution < -0.4 is 4.90 Å². The summed E-state index contributed by atoms with van der Waals surface area (Å²) < 4.78 is 5.43. The number of aldehydes is 1. The van der Waals surface area contributed by atoms with Gasteiger partial charge in [-0.1, -0.05) is 6.92 Å². The number of piperazine rings is 1. The molecule has 1 unspecified atom stereocenters. The Bertz CT molecular complexity index is 367. The highest BCUT2D eigenvalue weighted by molar-refractivity contribution is 5.71. The molecule has 1 aromatic heterocycles. The van der Waals surface area contributed by atoms with Crippen LogP contribution in [0.4, 0.5) is 5.88 Å². The van der Waals surface area contributed by atoms with Gasteiger partial charge in [0.1, 0.15) is 0 Å². The second kappa shape index (κ2) is 5.36. The lowest BCUT2D eigenvalue weighted by atomic mass is 10.2. The van der Waals surface area contributed by atoms with Crippen molar-refractivity contribution in [2.45, 2.75) is 26.3 Å². The van der Waals surface area contributed by atoms with Gasteiger partial charge in [0.25, 0.3) is 0 Å². The minimum absolute atomic E-state index is 0.407. The summed E-state index contributed by atoms with van der Waals surface area (Å²) >= 11 is 0. The molecule has 0 bridgehead atoms. The van der Waals surface area contributed by atoms with Crippen LogP contribution in [0.5, 0.6) is 0 Å². The van der Waals surface area contributed by atoms with E-state index in [9.17, 15) is 4.79 Å². The lowest BCUT2D eigenvalue weighted by Gasteiger charge is -2.37. The van der Waals surface area contributed by atoms with Crippen LogP contribution in [0.25, 0.3) is 0 Å². The van der Waals surface area contributed by atoms with Crippen molar-refractivity contribution < 1.29 is 9.21 Å². The molecule has 4 nitrogen and oxygen atoms in total. The first-order chi connectivity index (χ1) is 8.24. The Hall–Kier alpha value is -1.29. The van der Waals surface area contributed by atoms with Crippen LogP contribution in [-0.2, 0) is 0 Å². The predicted molar refractivity (Wildman–Crippen MR) is 67.6 cm³/mol. The van der Waals surface area contributed by atoms with Gasteiger partial charge in [-0.15, -0.1) is 0 Å². The van der Waals surface area contributed by atoms with Crippen molar-refractivity contribution >= 4 is 12.2 Å². The van der Waals surface area contributed by atoms with Crippen LogP contribution in [0.1, 0.15) is 30.8 Å². The van der Waals surface area contributed by atoms with E-state index in [0.29, 0.717) is 11.8 Å². The Morgan fingerprint density at radius 3 is 2.59 bits per heavy atom. The summed E-state index contributed by atoms with van der Waals surface area (Å²) in [4.78, 5) is 15.3. The molecule has 0 amide bonds. The molecule has 0 radical (unpaired) electrons. The lowest BCUT2D eigenvalue weighted by Crippen LogP contribution is -2.49. The fraction of sp³-hybridized carbons (Fsp3) is 0.615. The van der Waals surface area contributed by atoms with Crippen molar-refractivity contribution in [3.8, 4) is 0 Å². The number of carbonyl (C=O) groups excluding carboxylic acids is 1. The molecule has 1 aromatic rings. The van der Waals surface area contributed by atoms with Gasteiger partial charge in [0.05, 0.1) is 0 Å².